The maximum atomic E-state index is 6.50. The van der Waals surface area contributed by atoms with Crippen LogP contribution in [-0.2, 0) is 0 Å². The molecule has 9 rings (SSSR count). The van der Waals surface area contributed by atoms with Gasteiger partial charge in [-0.25, -0.2) is 9.97 Å². The fourth-order valence-corrected chi connectivity index (χ4v) is 7.19. The maximum Gasteiger partial charge on any atom is 0.137 e. The van der Waals surface area contributed by atoms with Gasteiger partial charge in [0.2, 0.25) is 0 Å². The molecule has 5 aromatic carbocycles. The largest absolute Gasteiger partial charge is 0.457 e. The molecule has 0 radical (unpaired) electrons. The number of rotatable bonds is 4. The molecule has 42 heavy (non-hydrogen) atoms. The van der Waals surface area contributed by atoms with Crippen molar-refractivity contribution in [3.8, 4) is 23.0 Å². The molecule has 0 spiro atoms. The van der Waals surface area contributed by atoms with E-state index < -0.39 is 0 Å². The van der Waals surface area contributed by atoms with Gasteiger partial charge in [-0.3, -0.25) is 9.13 Å². The monoisotopic (exact) mass is 558 g/mol. The predicted octanol–water partition coefficient (Wildman–Crippen LogP) is 9.68. The Hall–Kier alpha value is -5.46. The summed E-state index contributed by atoms with van der Waals surface area (Å²) in [5.74, 6) is 2.41. The molecule has 4 aromatic heterocycles. The first-order valence-electron chi connectivity index (χ1n) is 13.8. The average molecular weight is 559 g/mol. The van der Waals surface area contributed by atoms with Crippen LogP contribution in [0.3, 0.4) is 0 Å². The lowest BCUT2D eigenvalue weighted by Crippen LogP contribution is -1.97. The standard InChI is InChI=1S/C36H22N4OS/c1-4-13-32-28(10-1)35-33(42-32)18-17-27-26-16-15-25(21-31(26)40(36(27)35)34-14-5-6-19-37-34)41-24-9-7-8-23(20-24)39-22-38-29-11-2-3-12-30(29)39/h1-22H. The Bertz CT molecular complexity index is 2450. The van der Waals surface area contributed by atoms with E-state index in [1.165, 1.54) is 36.5 Å². The lowest BCUT2D eigenvalue weighted by molar-refractivity contribution is 0.483. The highest BCUT2D eigenvalue weighted by Crippen LogP contribution is 2.43. The Balaban J connectivity index is 1.23. The summed E-state index contributed by atoms with van der Waals surface area (Å²) in [4.78, 5) is 9.34. The molecular weight excluding hydrogens is 536 g/mol. The minimum atomic E-state index is 0.761. The Labute approximate surface area is 244 Å². The van der Waals surface area contributed by atoms with Crippen molar-refractivity contribution in [3.63, 3.8) is 0 Å². The normalized spacial score (nSPS) is 11.8. The van der Waals surface area contributed by atoms with Crippen LogP contribution in [-0.4, -0.2) is 19.1 Å². The van der Waals surface area contributed by atoms with Gasteiger partial charge in [-0.05, 0) is 60.7 Å². The third-order valence-corrected chi connectivity index (χ3v) is 9.04. The molecule has 198 valence electrons. The van der Waals surface area contributed by atoms with Crippen molar-refractivity contribution in [3.05, 3.63) is 134 Å². The topological polar surface area (TPSA) is 44.9 Å². The molecule has 0 unspecified atom stereocenters. The Morgan fingerprint density at radius 3 is 2.40 bits per heavy atom. The Morgan fingerprint density at radius 2 is 1.45 bits per heavy atom. The van der Waals surface area contributed by atoms with Gasteiger partial charge in [0.1, 0.15) is 23.6 Å². The van der Waals surface area contributed by atoms with Crippen molar-refractivity contribution in [2.75, 3.05) is 0 Å². The lowest BCUT2D eigenvalue weighted by atomic mass is 10.1. The number of para-hydroxylation sites is 2. The zero-order chi connectivity index (χ0) is 27.6. The summed E-state index contributed by atoms with van der Waals surface area (Å²) < 4.78 is 13.4. The molecule has 4 heterocycles. The van der Waals surface area contributed by atoms with E-state index in [1.807, 2.05) is 72.4 Å². The molecule has 0 saturated heterocycles. The van der Waals surface area contributed by atoms with E-state index in [4.69, 9.17) is 9.72 Å². The van der Waals surface area contributed by atoms with Gasteiger partial charge >= 0.3 is 0 Å². The highest BCUT2D eigenvalue weighted by atomic mass is 32.1. The second kappa shape index (κ2) is 9.03. The summed E-state index contributed by atoms with van der Waals surface area (Å²) in [5.41, 5.74) is 5.24. The number of hydrogen-bond acceptors (Lipinski definition) is 4. The molecule has 0 N–H and O–H groups in total. The van der Waals surface area contributed by atoms with Gasteiger partial charge in [-0.1, -0.05) is 48.5 Å². The number of ether oxygens (including phenoxy) is 1. The van der Waals surface area contributed by atoms with Crippen LogP contribution in [0.1, 0.15) is 0 Å². The van der Waals surface area contributed by atoms with Crippen molar-refractivity contribution >= 4 is 64.3 Å². The Kier molecular flexibility index (Phi) is 5.00. The van der Waals surface area contributed by atoms with Gasteiger partial charge in [0.25, 0.3) is 0 Å². The van der Waals surface area contributed by atoms with E-state index in [2.05, 4.69) is 86.9 Å². The van der Waals surface area contributed by atoms with Crippen LogP contribution in [0.15, 0.2) is 134 Å². The quantitative estimate of drug-likeness (QED) is 0.216. The molecule has 9 aromatic rings. The average Bonchev–Trinajstić information content (AvgIpc) is 3.73. The molecule has 0 aliphatic heterocycles. The van der Waals surface area contributed by atoms with Crippen LogP contribution in [0.2, 0.25) is 0 Å². The summed E-state index contributed by atoms with van der Waals surface area (Å²) in [6.07, 6.45) is 3.71. The van der Waals surface area contributed by atoms with Gasteiger partial charge < -0.3 is 4.74 Å². The summed E-state index contributed by atoms with van der Waals surface area (Å²) in [6, 6.07) is 41.8. The molecule has 6 heteroatoms. The van der Waals surface area contributed by atoms with Gasteiger partial charge in [-0.2, -0.15) is 0 Å². The van der Waals surface area contributed by atoms with Crippen molar-refractivity contribution < 1.29 is 4.74 Å². The highest BCUT2D eigenvalue weighted by molar-refractivity contribution is 7.26. The van der Waals surface area contributed by atoms with Crippen LogP contribution in [0.25, 0.3) is 64.5 Å². The first-order valence-corrected chi connectivity index (χ1v) is 14.6. The van der Waals surface area contributed by atoms with Gasteiger partial charge in [0.15, 0.2) is 0 Å². The van der Waals surface area contributed by atoms with E-state index in [0.29, 0.717) is 0 Å². The van der Waals surface area contributed by atoms with Crippen LogP contribution < -0.4 is 4.74 Å². The predicted molar refractivity (Wildman–Crippen MR) is 173 cm³/mol. The van der Waals surface area contributed by atoms with E-state index in [9.17, 15) is 0 Å². The van der Waals surface area contributed by atoms with Crippen molar-refractivity contribution in [1.82, 2.24) is 19.1 Å². The minimum Gasteiger partial charge on any atom is -0.457 e. The fraction of sp³-hybridized carbons (Fsp3) is 0. The van der Waals surface area contributed by atoms with Crippen LogP contribution in [0.5, 0.6) is 11.5 Å². The molecule has 0 bridgehead atoms. The second-order valence-electron chi connectivity index (χ2n) is 10.3. The van der Waals surface area contributed by atoms with Crippen molar-refractivity contribution in [2.24, 2.45) is 0 Å². The van der Waals surface area contributed by atoms with Gasteiger partial charge in [-0.15, -0.1) is 11.3 Å². The summed E-state index contributed by atoms with van der Waals surface area (Å²) in [7, 11) is 0. The van der Waals surface area contributed by atoms with Crippen LogP contribution >= 0.6 is 11.3 Å². The molecular formula is C36H22N4OS. The lowest BCUT2D eigenvalue weighted by Gasteiger charge is -2.11. The zero-order valence-corrected chi connectivity index (χ0v) is 23.1. The smallest absolute Gasteiger partial charge is 0.137 e. The number of benzene rings is 5. The first-order chi connectivity index (χ1) is 20.8. The Morgan fingerprint density at radius 1 is 0.595 bits per heavy atom. The zero-order valence-electron chi connectivity index (χ0n) is 22.3. The number of thiophene rings is 1. The minimum absolute atomic E-state index is 0.761. The molecule has 0 atom stereocenters. The molecule has 5 nitrogen and oxygen atoms in total. The number of aromatic nitrogens is 4. The van der Waals surface area contributed by atoms with E-state index in [0.717, 1.165) is 39.6 Å². The number of hydrogen-bond donors (Lipinski definition) is 0. The van der Waals surface area contributed by atoms with Crippen LogP contribution in [0.4, 0.5) is 0 Å². The van der Waals surface area contributed by atoms with Crippen LogP contribution in [0, 0.1) is 0 Å². The molecule has 0 aliphatic carbocycles. The number of imidazole rings is 1. The second-order valence-corrected chi connectivity index (χ2v) is 11.4. The number of nitrogens with zero attached hydrogens (tertiary/aromatic N) is 4. The summed E-state index contributed by atoms with van der Waals surface area (Å²) in [5, 5.41) is 4.90. The van der Waals surface area contributed by atoms with Crippen molar-refractivity contribution in [1.29, 1.82) is 0 Å². The van der Waals surface area contributed by atoms with E-state index >= 15 is 0 Å². The van der Waals surface area contributed by atoms with E-state index in [-0.39, 0.29) is 0 Å². The molecule has 0 aliphatic rings. The third kappa shape index (κ3) is 3.49. The number of fused-ring (bicyclic) bond motifs is 8. The molecule has 0 fully saturated rings. The maximum absolute atomic E-state index is 6.50. The summed E-state index contributed by atoms with van der Waals surface area (Å²) >= 11 is 1.83. The SMILES string of the molecule is c1ccc(-n2c3cc(Oc4cccc(-n5cnc6ccccc65)c4)ccc3c3ccc4sc5ccccc5c4c32)nc1. The third-order valence-electron chi connectivity index (χ3n) is 7.90. The fourth-order valence-electron chi connectivity index (χ4n) is 6.08. The van der Waals surface area contributed by atoms with Gasteiger partial charge in [0, 0.05) is 49.3 Å². The molecule has 0 amide bonds. The highest BCUT2D eigenvalue weighted by Gasteiger charge is 2.19. The first kappa shape index (κ1) is 23.3. The number of pyridine rings is 1. The van der Waals surface area contributed by atoms with Crippen molar-refractivity contribution in [2.45, 2.75) is 0 Å². The summed E-state index contributed by atoms with van der Waals surface area (Å²) in [6.45, 7) is 0. The van der Waals surface area contributed by atoms with E-state index in [1.54, 1.807) is 0 Å². The molecule has 0 saturated carbocycles. The van der Waals surface area contributed by atoms with Gasteiger partial charge in [0.05, 0.1) is 27.8 Å².